The standard InChI is InChI=1S/C12H13NO4/c1-7(12(14)15)9-4-8-2-3-11(13(16)17)6-10(8)5-9/h2-3,6-7,9H,4-5H2,1H3,(H,14,15). The lowest BCUT2D eigenvalue weighted by molar-refractivity contribution is -0.384. The van der Waals surface area contributed by atoms with E-state index in [2.05, 4.69) is 0 Å². The minimum absolute atomic E-state index is 0.0458. The normalized spacial score (nSPS) is 19.7. The van der Waals surface area contributed by atoms with E-state index in [0.29, 0.717) is 12.8 Å². The lowest BCUT2D eigenvalue weighted by atomic mass is 9.91. The number of nitrogens with zero attached hydrogens (tertiary/aromatic N) is 1. The van der Waals surface area contributed by atoms with Crippen LogP contribution in [0.1, 0.15) is 18.1 Å². The van der Waals surface area contributed by atoms with E-state index >= 15 is 0 Å². The Morgan fingerprint density at radius 1 is 1.47 bits per heavy atom. The second-order valence-electron chi connectivity index (χ2n) is 4.51. The third kappa shape index (κ3) is 2.13. The van der Waals surface area contributed by atoms with Crippen LogP contribution in [0.15, 0.2) is 18.2 Å². The SMILES string of the molecule is CC(C(=O)O)C1Cc2ccc([N+](=O)[O-])cc2C1. The summed E-state index contributed by atoms with van der Waals surface area (Å²) in [6.45, 7) is 1.69. The van der Waals surface area contributed by atoms with E-state index in [9.17, 15) is 14.9 Å². The highest BCUT2D eigenvalue weighted by Gasteiger charge is 2.30. The molecule has 5 nitrogen and oxygen atoms in total. The quantitative estimate of drug-likeness (QED) is 0.642. The van der Waals surface area contributed by atoms with Crippen molar-refractivity contribution in [2.45, 2.75) is 19.8 Å². The fraction of sp³-hybridized carbons (Fsp3) is 0.417. The van der Waals surface area contributed by atoms with Gasteiger partial charge < -0.3 is 5.11 Å². The van der Waals surface area contributed by atoms with E-state index < -0.39 is 16.8 Å². The first-order valence-corrected chi connectivity index (χ1v) is 5.48. The molecule has 0 aliphatic heterocycles. The number of nitro groups is 1. The van der Waals surface area contributed by atoms with Gasteiger partial charge in [-0.2, -0.15) is 0 Å². The average Bonchev–Trinajstić information content (AvgIpc) is 2.69. The van der Waals surface area contributed by atoms with Gasteiger partial charge in [0.2, 0.25) is 0 Å². The number of rotatable bonds is 3. The molecule has 1 aromatic carbocycles. The lowest BCUT2D eigenvalue weighted by Gasteiger charge is -2.13. The molecule has 0 aromatic heterocycles. The van der Waals surface area contributed by atoms with Crippen LogP contribution in [0.2, 0.25) is 0 Å². The van der Waals surface area contributed by atoms with E-state index in [1.54, 1.807) is 19.1 Å². The first kappa shape index (κ1) is 11.6. The smallest absolute Gasteiger partial charge is 0.306 e. The molecular weight excluding hydrogens is 222 g/mol. The van der Waals surface area contributed by atoms with Crippen molar-refractivity contribution in [1.82, 2.24) is 0 Å². The van der Waals surface area contributed by atoms with Crippen molar-refractivity contribution in [2.24, 2.45) is 11.8 Å². The van der Waals surface area contributed by atoms with Gasteiger partial charge >= 0.3 is 5.97 Å². The molecule has 2 rings (SSSR count). The van der Waals surface area contributed by atoms with E-state index in [1.807, 2.05) is 0 Å². The Morgan fingerprint density at radius 2 is 2.12 bits per heavy atom. The highest BCUT2D eigenvalue weighted by atomic mass is 16.6. The number of non-ortho nitro benzene ring substituents is 1. The highest BCUT2D eigenvalue weighted by Crippen LogP contribution is 2.33. The summed E-state index contributed by atoms with van der Waals surface area (Å²) < 4.78 is 0. The Balaban J connectivity index is 2.22. The van der Waals surface area contributed by atoms with Crippen molar-refractivity contribution in [3.05, 3.63) is 39.4 Å². The predicted molar refractivity (Wildman–Crippen MR) is 60.8 cm³/mol. The molecule has 0 bridgehead atoms. The van der Waals surface area contributed by atoms with Crippen LogP contribution < -0.4 is 0 Å². The molecule has 2 unspecified atom stereocenters. The van der Waals surface area contributed by atoms with Gasteiger partial charge in [0, 0.05) is 12.1 Å². The van der Waals surface area contributed by atoms with Crippen molar-refractivity contribution in [2.75, 3.05) is 0 Å². The topological polar surface area (TPSA) is 80.4 Å². The highest BCUT2D eigenvalue weighted by molar-refractivity contribution is 5.70. The van der Waals surface area contributed by atoms with Gasteiger partial charge in [-0.25, -0.2) is 0 Å². The maximum absolute atomic E-state index is 10.9. The Morgan fingerprint density at radius 3 is 2.71 bits per heavy atom. The van der Waals surface area contributed by atoms with E-state index in [0.717, 1.165) is 11.1 Å². The molecule has 0 spiro atoms. The summed E-state index contributed by atoms with van der Waals surface area (Å²) in [6.07, 6.45) is 1.31. The largest absolute Gasteiger partial charge is 0.481 e. The van der Waals surface area contributed by atoms with Gasteiger partial charge in [0.15, 0.2) is 0 Å². The molecule has 1 aromatic rings. The minimum Gasteiger partial charge on any atom is -0.481 e. The maximum atomic E-state index is 10.9. The van der Waals surface area contributed by atoms with Gasteiger partial charge in [-0.3, -0.25) is 14.9 Å². The summed E-state index contributed by atoms with van der Waals surface area (Å²) in [4.78, 5) is 21.1. The molecular formula is C12H13NO4. The van der Waals surface area contributed by atoms with Crippen LogP contribution in [0, 0.1) is 22.0 Å². The number of carbonyl (C=O) groups is 1. The van der Waals surface area contributed by atoms with Crippen LogP contribution >= 0.6 is 0 Å². The number of carboxylic acid groups (broad SMARTS) is 1. The first-order chi connectivity index (χ1) is 7.99. The average molecular weight is 235 g/mol. The van der Waals surface area contributed by atoms with E-state index in [-0.39, 0.29) is 11.6 Å². The maximum Gasteiger partial charge on any atom is 0.306 e. The van der Waals surface area contributed by atoms with Crippen molar-refractivity contribution in [3.8, 4) is 0 Å². The zero-order valence-electron chi connectivity index (χ0n) is 9.42. The van der Waals surface area contributed by atoms with Gasteiger partial charge in [0.05, 0.1) is 10.8 Å². The van der Waals surface area contributed by atoms with Crippen LogP contribution in [-0.4, -0.2) is 16.0 Å². The summed E-state index contributed by atoms with van der Waals surface area (Å²) in [5, 5.41) is 19.6. The first-order valence-electron chi connectivity index (χ1n) is 5.48. The van der Waals surface area contributed by atoms with E-state index in [1.165, 1.54) is 6.07 Å². The molecule has 1 aliphatic carbocycles. The molecule has 1 aliphatic rings. The summed E-state index contributed by atoms with van der Waals surface area (Å²) in [5.74, 6) is -1.18. The number of fused-ring (bicyclic) bond motifs is 1. The Bertz CT molecular complexity index is 483. The molecule has 0 radical (unpaired) electrons. The fourth-order valence-corrected chi connectivity index (χ4v) is 2.31. The third-order valence-electron chi connectivity index (χ3n) is 3.46. The summed E-state index contributed by atoms with van der Waals surface area (Å²) in [6, 6.07) is 4.78. The second kappa shape index (κ2) is 4.16. The summed E-state index contributed by atoms with van der Waals surface area (Å²) >= 11 is 0. The van der Waals surface area contributed by atoms with Crippen LogP contribution in [0.3, 0.4) is 0 Å². The molecule has 0 saturated heterocycles. The molecule has 0 amide bonds. The van der Waals surface area contributed by atoms with E-state index in [4.69, 9.17) is 5.11 Å². The minimum atomic E-state index is -0.808. The number of aliphatic carboxylic acids is 1. The molecule has 0 saturated carbocycles. The van der Waals surface area contributed by atoms with Crippen molar-refractivity contribution < 1.29 is 14.8 Å². The number of hydrogen-bond donors (Lipinski definition) is 1. The zero-order valence-corrected chi connectivity index (χ0v) is 9.42. The Kier molecular flexibility index (Phi) is 2.83. The number of nitro benzene ring substituents is 1. The van der Waals surface area contributed by atoms with Crippen LogP contribution in [0.5, 0.6) is 0 Å². The molecule has 0 heterocycles. The van der Waals surface area contributed by atoms with Gasteiger partial charge in [0.1, 0.15) is 0 Å². The van der Waals surface area contributed by atoms with Gasteiger partial charge in [-0.1, -0.05) is 13.0 Å². The van der Waals surface area contributed by atoms with Gasteiger partial charge in [-0.05, 0) is 29.9 Å². The number of benzene rings is 1. The molecule has 17 heavy (non-hydrogen) atoms. The van der Waals surface area contributed by atoms with Crippen molar-refractivity contribution >= 4 is 11.7 Å². The summed E-state index contributed by atoms with van der Waals surface area (Å²) in [7, 11) is 0. The Hall–Kier alpha value is -1.91. The lowest BCUT2D eigenvalue weighted by Crippen LogP contribution is -2.20. The van der Waals surface area contributed by atoms with Crippen molar-refractivity contribution in [1.29, 1.82) is 0 Å². The number of carboxylic acids is 1. The molecule has 0 fully saturated rings. The van der Waals surface area contributed by atoms with Crippen LogP contribution in [0.25, 0.3) is 0 Å². The molecule has 2 atom stereocenters. The predicted octanol–water partition coefficient (Wildman–Crippen LogP) is 2.03. The monoisotopic (exact) mass is 235 g/mol. The fourth-order valence-electron chi connectivity index (χ4n) is 2.31. The van der Waals surface area contributed by atoms with Gasteiger partial charge in [-0.15, -0.1) is 0 Å². The Labute approximate surface area is 98.2 Å². The van der Waals surface area contributed by atoms with Gasteiger partial charge in [0.25, 0.3) is 5.69 Å². The van der Waals surface area contributed by atoms with Crippen LogP contribution in [0.4, 0.5) is 5.69 Å². The molecule has 1 N–H and O–H groups in total. The third-order valence-corrected chi connectivity index (χ3v) is 3.46. The molecule has 90 valence electrons. The molecule has 5 heteroatoms. The van der Waals surface area contributed by atoms with Crippen molar-refractivity contribution in [3.63, 3.8) is 0 Å². The van der Waals surface area contributed by atoms with Crippen LogP contribution in [-0.2, 0) is 17.6 Å². The zero-order chi connectivity index (χ0) is 12.6. The second-order valence-corrected chi connectivity index (χ2v) is 4.51. The number of hydrogen-bond acceptors (Lipinski definition) is 3. The summed E-state index contributed by atoms with van der Waals surface area (Å²) in [5.41, 5.74) is 2.03.